The van der Waals surface area contributed by atoms with Gasteiger partial charge in [0, 0.05) is 36.8 Å². The third-order valence-electron chi connectivity index (χ3n) is 2.66. The zero-order valence-corrected chi connectivity index (χ0v) is 11.7. The average molecular weight is 275 g/mol. The number of nitrogens with zero attached hydrogens (tertiary/aromatic N) is 1. The van der Waals surface area contributed by atoms with Gasteiger partial charge >= 0.3 is 0 Å². The smallest absolute Gasteiger partial charge is 0.251 e. The minimum atomic E-state index is -0.0314. The van der Waals surface area contributed by atoms with Crippen molar-refractivity contribution in [1.82, 2.24) is 15.6 Å². The summed E-state index contributed by atoms with van der Waals surface area (Å²) < 4.78 is 0. The van der Waals surface area contributed by atoms with Gasteiger partial charge in [-0.2, -0.15) is 0 Å². The molecule has 0 unspecified atom stereocenters. The Morgan fingerprint density at radius 2 is 2.05 bits per heavy atom. The van der Waals surface area contributed by atoms with Crippen LogP contribution in [0.4, 0.5) is 0 Å². The number of rotatable bonds is 6. The van der Waals surface area contributed by atoms with E-state index in [4.69, 9.17) is 0 Å². The van der Waals surface area contributed by atoms with Crippen LogP contribution in [0.15, 0.2) is 35.8 Å². The molecule has 1 aromatic carbocycles. The zero-order valence-electron chi connectivity index (χ0n) is 10.8. The van der Waals surface area contributed by atoms with Crippen LogP contribution in [0.2, 0.25) is 0 Å². The number of carbonyl (C=O) groups excluding carboxylic acids is 1. The minimum absolute atomic E-state index is 0.0314. The molecular formula is C14H17N3OS. The third-order valence-corrected chi connectivity index (χ3v) is 3.44. The number of benzene rings is 1. The summed E-state index contributed by atoms with van der Waals surface area (Å²) in [4.78, 5) is 16.0. The Morgan fingerprint density at radius 3 is 2.74 bits per heavy atom. The molecule has 0 atom stereocenters. The van der Waals surface area contributed by atoms with E-state index in [1.165, 1.54) is 0 Å². The van der Waals surface area contributed by atoms with Crippen molar-refractivity contribution in [3.05, 3.63) is 52.0 Å². The molecule has 5 heteroatoms. The summed E-state index contributed by atoms with van der Waals surface area (Å²) in [5.74, 6) is -0.0314. The molecule has 0 spiro atoms. The molecule has 19 heavy (non-hydrogen) atoms. The standard InChI is InChI=1S/C14H17N3OS/c1-11-2-4-12(5-3-11)14(18)17-7-6-15-10-13-16-8-9-19-13/h2-5,8-9,15H,6-7,10H2,1H3,(H,17,18). The highest BCUT2D eigenvalue weighted by molar-refractivity contribution is 7.09. The maximum absolute atomic E-state index is 11.8. The molecule has 0 aliphatic heterocycles. The molecule has 0 saturated heterocycles. The number of aryl methyl sites for hydroxylation is 1. The first kappa shape index (κ1) is 13.7. The molecule has 1 aromatic heterocycles. The molecule has 2 N–H and O–H groups in total. The molecule has 2 rings (SSSR count). The van der Waals surface area contributed by atoms with Gasteiger partial charge in [0.15, 0.2) is 0 Å². The van der Waals surface area contributed by atoms with Crippen LogP contribution in [0.1, 0.15) is 20.9 Å². The van der Waals surface area contributed by atoms with E-state index in [0.717, 1.165) is 23.7 Å². The van der Waals surface area contributed by atoms with Gasteiger partial charge in [-0.3, -0.25) is 4.79 Å². The maximum atomic E-state index is 11.8. The first-order valence-electron chi connectivity index (χ1n) is 6.19. The van der Waals surface area contributed by atoms with Gasteiger partial charge in [0.2, 0.25) is 0 Å². The fourth-order valence-corrected chi connectivity index (χ4v) is 2.19. The molecule has 0 saturated carbocycles. The van der Waals surface area contributed by atoms with Crippen molar-refractivity contribution < 1.29 is 4.79 Å². The van der Waals surface area contributed by atoms with Gasteiger partial charge in [-0.25, -0.2) is 4.98 Å². The Bertz CT molecular complexity index is 508. The van der Waals surface area contributed by atoms with Crippen LogP contribution < -0.4 is 10.6 Å². The number of amides is 1. The largest absolute Gasteiger partial charge is 0.351 e. The quantitative estimate of drug-likeness (QED) is 0.793. The molecule has 2 aromatic rings. The number of nitrogens with one attached hydrogen (secondary N) is 2. The van der Waals surface area contributed by atoms with E-state index in [9.17, 15) is 4.79 Å². The Hall–Kier alpha value is -1.72. The van der Waals surface area contributed by atoms with E-state index in [0.29, 0.717) is 12.1 Å². The van der Waals surface area contributed by atoms with Gasteiger partial charge in [-0.15, -0.1) is 11.3 Å². The summed E-state index contributed by atoms with van der Waals surface area (Å²) in [6, 6.07) is 7.56. The maximum Gasteiger partial charge on any atom is 0.251 e. The molecule has 1 heterocycles. The summed E-state index contributed by atoms with van der Waals surface area (Å²) in [7, 11) is 0. The number of aromatic nitrogens is 1. The third kappa shape index (κ3) is 4.46. The first-order chi connectivity index (χ1) is 9.25. The van der Waals surface area contributed by atoms with Crippen molar-refractivity contribution in [1.29, 1.82) is 0 Å². The van der Waals surface area contributed by atoms with Crippen LogP contribution in [0.5, 0.6) is 0 Å². The van der Waals surface area contributed by atoms with Crippen molar-refractivity contribution in [3.63, 3.8) is 0 Å². The normalized spacial score (nSPS) is 10.4. The SMILES string of the molecule is Cc1ccc(C(=O)NCCNCc2nccs2)cc1. The summed E-state index contributed by atoms with van der Waals surface area (Å²) in [5, 5.41) is 9.13. The number of carbonyl (C=O) groups is 1. The lowest BCUT2D eigenvalue weighted by molar-refractivity contribution is 0.0954. The fraction of sp³-hybridized carbons (Fsp3) is 0.286. The van der Waals surface area contributed by atoms with E-state index in [1.54, 1.807) is 17.5 Å². The molecular weight excluding hydrogens is 258 g/mol. The number of hydrogen-bond acceptors (Lipinski definition) is 4. The summed E-state index contributed by atoms with van der Waals surface area (Å²) in [6.45, 7) is 4.09. The van der Waals surface area contributed by atoms with Crippen LogP contribution >= 0.6 is 11.3 Å². The number of hydrogen-bond donors (Lipinski definition) is 2. The van der Waals surface area contributed by atoms with Gasteiger partial charge < -0.3 is 10.6 Å². The van der Waals surface area contributed by atoms with E-state index in [-0.39, 0.29) is 5.91 Å². The lowest BCUT2D eigenvalue weighted by Gasteiger charge is -2.06. The predicted octanol–water partition coefficient (Wildman–Crippen LogP) is 1.97. The van der Waals surface area contributed by atoms with Crippen molar-refractivity contribution >= 4 is 17.2 Å². The Morgan fingerprint density at radius 1 is 1.26 bits per heavy atom. The highest BCUT2D eigenvalue weighted by Gasteiger charge is 2.03. The van der Waals surface area contributed by atoms with Crippen molar-refractivity contribution in [2.45, 2.75) is 13.5 Å². The summed E-state index contributed by atoms with van der Waals surface area (Å²) in [6.07, 6.45) is 1.79. The molecule has 0 aliphatic rings. The second kappa shape index (κ2) is 7.01. The van der Waals surface area contributed by atoms with Gasteiger partial charge in [-0.05, 0) is 19.1 Å². The van der Waals surface area contributed by atoms with Crippen LogP contribution in [0, 0.1) is 6.92 Å². The molecule has 0 radical (unpaired) electrons. The van der Waals surface area contributed by atoms with Gasteiger partial charge in [0.1, 0.15) is 5.01 Å². The van der Waals surface area contributed by atoms with E-state index in [2.05, 4.69) is 15.6 Å². The summed E-state index contributed by atoms with van der Waals surface area (Å²) in [5.41, 5.74) is 1.85. The Kier molecular flexibility index (Phi) is 5.06. The van der Waals surface area contributed by atoms with Crippen molar-refractivity contribution in [2.24, 2.45) is 0 Å². The molecule has 1 amide bonds. The Balaban J connectivity index is 1.65. The predicted molar refractivity (Wildman–Crippen MR) is 77.3 cm³/mol. The lowest BCUT2D eigenvalue weighted by Crippen LogP contribution is -2.31. The van der Waals surface area contributed by atoms with Gasteiger partial charge in [0.05, 0.1) is 0 Å². The van der Waals surface area contributed by atoms with Gasteiger partial charge in [0.25, 0.3) is 5.91 Å². The van der Waals surface area contributed by atoms with E-state index in [1.807, 2.05) is 36.6 Å². The van der Waals surface area contributed by atoms with E-state index < -0.39 is 0 Å². The molecule has 0 aliphatic carbocycles. The average Bonchev–Trinajstić information content (AvgIpc) is 2.92. The first-order valence-corrected chi connectivity index (χ1v) is 7.07. The van der Waals surface area contributed by atoms with Crippen LogP contribution in [0.3, 0.4) is 0 Å². The van der Waals surface area contributed by atoms with Crippen LogP contribution in [-0.2, 0) is 6.54 Å². The van der Waals surface area contributed by atoms with E-state index >= 15 is 0 Å². The minimum Gasteiger partial charge on any atom is -0.351 e. The highest BCUT2D eigenvalue weighted by Crippen LogP contribution is 2.03. The zero-order chi connectivity index (χ0) is 13.5. The van der Waals surface area contributed by atoms with Crippen LogP contribution in [0.25, 0.3) is 0 Å². The van der Waals surface area contributed by atoms with Crippen molar-refractivity contribution in [3.8, 4) is 0 Å². The fourth-order valence-electron chi connectivity index (χ4n) is 1.61. The molecule has 4 nitrogen and oxygen atoms in total. The molecule has 0 bridgehead atoms. The number of thiazole rings is 1. The highest BCUT2D eigenvalue weighted by atomic mass is 32.1. The summed E-state index contributed by atoms with van der Waals surface area (Å²) >= 11 is 1.62. The monoisotopic (exact) mass is 275 g/mol. The second-order valence-corrected chi connectivity index (χ2v) is 5.20. The topological polar surface area (TPSA) is 54.0 Å². The Labute approximate surface area is 116 Å². The lowest BCUT2D eigenvalue weighted by atomic mass is 10.1. The molecule has 100 valence electrons. The second-order valence-electron chi connectivity index (χ2n) is 4.22. The van der Waals surface area contributed by atoms with Gasteiger partial charge in [-0.1, -0.05) is 17.7 Å². The van der Waals surface area contributed by atoms with Crippen LogP contribution in [-0.4, -0.2) is 24.0 Å². The molecule has 0 fully saturated rings. The van der Waals surface area contributed by atoms with Crippen molar-refractivity contribution in [2.75, 3.05) is 13.1 Å².